The van der Waals surface area contributed by atoms with Crippen molar-refractivity contribution in [2.24, 2.45) is 13.0 Å². The monoisotopic (exact) mass is 272 g/mol. The lowest BCUT2D eigenvalue weighted by atomic mass is 9.93. The summed E-state index contributed by atoms with van der Waals surface area (Å²) >= 11 is 4.33. The molecule has 0 bridgehead atoms. The highest BCUT2D eigenvalue weighted by Crippen LogP contribution is 2.21. The van der Waals surface area contributed by atoms with Gasteiger partial charge in [0.15, 0.2) is 0 Å². The summed E-state index contributed by atoms with van der Waals surface area (Å²) in [4.78, 5) is 0. The summed E-state index contributed by atoms with van der Waals surface area (Å²) in [5, 5.41) is 8.05. The Morgan fingerprint density at radius 3 is 2.22 bits per heavy atom. The molecule has 4 nitrogen and oxygen atoms in total. The van der Waals surface area contributed by atoms with Crippen molar-refractivity contribution in [3.8, 4) is 0 Å². The number of nitrogens with zero attached hydrogens (tertiary/aromatic N) is 4. The maximum atomic E-state index is 4.33. The van der Waals surface area contributed by atoms with Gasteiger partial charge in [-0.1, -0.05) is 45.7 Å². The van der Waals surface area contributed by atoms with Crippen LogP contribution in [0.15, 0.2) is 6.20 Å². The van der Waals surface area contributed by atoms with Crippen molar-refractivity contribution in [2.45, 2.75) is 47.0 Å². The average Bonchev–Trinajstić information content (AvgIpc) is 2.83. The molecule has 1 saturated heterocycles. The van der Waals surface area contributed by atoms with E-state index in [1.165, 1.54) is 12.8 Å². The van der Waals surface area contributed by atoms with E-state index in [2.05, 4.69) is 27.4 Å². The third-order valence-corrected chi connectivity index (χ3v) is 3.14. The van der Waals surface area contributed by atoms with Gasteiger partial charge in [-0.25, -0.2) is 0 Å². The van der Waals surface area contributed by atoms with Crippen LogP contribution in [0.5, 0.6) is 0 Å². The molecule has 0 atom stereocenters. The zero-order valence-corrected chi connectivity index (χ0v) is 13.3. The van der Waals surface area contributed by atoms with E-state index in [1.54, 1.807) is 4.68 Å². The van der Waals surface area contributed by atoms with Crippen molar-refractivity contribution in [1.29, 1.82) is 0 Å². The summed E-state index contributed by atoms with van der Waals surface area (Å²) < 4.78 is 3.86. The third kappa shape index (κ3) is 6.40. The van der Waals surface area contributed by atoms with Gasteiger partial charge in [0, 0.05) is 26.3 Å². The second-order valence-electron chi connectivity index (χ2n) is 3.98. The molecular formula is C13H28N4S. The van der Waals surface area contributed by atoms with Crippen LogP contribution in [0.4, 0.5) is 0 Å². The van der Waals surface area contributed by atoms with E-state index >= 15 is 0 Å². The number of aryl methyl sites for hydroxylation is 1. The number of hydrogen-bond acceptors (Lipinski definition) is 4. The van der Waals surface area contributed by atoms with E-state index < -0.39 is 0 Å². The van der Waals surface area contributed by atoms with Crippen LogP contribution in [-0.4, -0.2) is 32.4 Å². The normalized spacial score (nSPS) is 16.3. The fraction of sp³-hybridized carbons (Fsp3) is 0.846. The Labute approximate surface area is 117 Å². The van der Waals surface area contributed by atoms with Crippen LogP contribution in [0, 0.1) is 5.92 Å². The maximum absolute atomic E-state index is 4.33. The van der Waals surface area contributed by atoms with Crippen LogP contribution < -0.4 is 0 Å². The lowest BCUT2D eigenvalue weighted by Gasteiger charge is -2.27. The highest BCUT2D eigenvalue weighted by atomic mass is 32.1. The molecule has 0 amide bonds. The number of hydrogen-bond donors (Lipinski definition) is 1. The van der Waals surface area contributed by atoms with Crippen LogP contribution in [0.3, 0.4) is 0 Å². The second-order valence-corrected chi connectivity index (χ2v) is 4.55. The summed E-state index contributed by atoms with van der Waals surface area (Å²) in [6, 6.07) is 0. The Morgan fingerprint density at radius 2 is 1.78 bits per heavy atom. The zero-order chi connectivity index (χ0) is 14.0. The lowest BCUT2D eigenvalue weighted by molar-refractivity contribution is 0.291. The van der Waals surface area contributed by atoms with Crippen molar-refractivity contribution < 1.29 is 0 Å². The average molecular weight is 272 g/mol. The number of thiol groups is 1. The molecule has 18 heavy (non-hydrogen) atoms. The quantitative estimate of drug-likeness (QED) is 0.841. The first kappa shape index (κ1) is 17.4. The minimum Gasteiger partial charge on any atom is -0.255 e. The number of piperidine rings is 1. The van der Waals surface area contributed by atoms with E-state index in [0.717, 1.165) is 31.1 Å². The predicted molar refractivity (Wildman–Crippen MR) is 80.7 cm³/mol. The molecule has 1 aliphatic heterocycles. The van der Waals surface area contributed by atoms with Gasteiger partial charge in [-0.15, -0.1) is 5.10 Å². The van der Waals surface area contributed by atoms with Crippen molar-refractivity contribution in [1.82, 2.24) is 19.3 Å². The van der Waals surface area contributed by atoms with Crippen molar-refractivity contribution in [3.05, 3.63) is 11.9 Å². The predicted octanol–water partition coefficient (Wildman–Crippen LogP) is 2.97. The first-order valence-electron chi connectivity index (χ1n) is 7.03. The molecule has 5 heteroatoms. The molecule has 1 aromatic rings. The molecule has 0 spiro atoms. The van der Waals surface area contributed by atoms with Gasteiger partial charge in [0.05, 0.1) is 5.69 Å². The molecule has 0 N–H and O–H groups in total. The standard InChI is InChI=1S/C9H16N4S.2C2H6/c1-12-7-9(10-11-12)6-8-2-4-13(14)5-3-8;2*1-2/h7-8,14H,2-6H2,1H3;2*1-2H3. The number of rotatable bonds is 2. The zero-order valence-electron chi connectivity index (χ0n) is 12.4. The van der Waals surface area contributed by atoms with E-state index in [9.17, 15) is 0 Å². The Morgan fingerprint density at radius 1 is 1.22 bits per heavy atom. The summed E-state index contributed by atoms with van der Waals surface area (Å²) in [6.45, 7) is 10.2. The van der Waals surface area contributed by atoms with Crippen LogP contribution in [0.25, 0.3) is 0 Å². The van der Waals surface area contributed by atoms with Crippen LogP contribution >= 0.6 is 12.8 Å². The Kier molecular flexibility index (Phi) is 10.1. The Balaban J connectivity index is 0.000000659. The fourth-order valence-corrected chi connectivity index (χ4v) is 2.14. The van der Waals surface area contributed by atoms with Gasteiger partial charge < -0.3 is 0 Å². The molecule has 2 rings (SSSR count). The summed E-state index contributed by atoms with van der Waals surface area (Å²) in [5.74, 6) is 0.759. The fourth-order valence-electron chi connectivity index (χ4n) is 1.91. The van der Waals surface area contributed by atoms with Gasteiger partial charge in [-0.3, -0.25) is 8.99 Å². The largest absolute Gasteiger partial charge is 0.255 e. The molecule has 0 unspecified atom stereocenters. The molecule has 0 aliphatic carbocycles. The van der Waals surface area contributed by atoms with E-state index in [0.29, 0.717) is 0 Å². The molecule has 0 aromatic carbocycles. The molecular weight excluding hydrogens is 244 g/mol. The first-order valence-corrected chi connectivity index (χ1v) is 7.43. The van der Waals surface area contributed by atoms with E-state index in [1.807, 2.05) is 40.9 Å². The van der Waals surface area contributed by atoms with Gasteiger partial charge in [-0.05, 0) is 25.2 Å². The van der Waals surface area contributed by atoms with Gasteiger partial charge in [0.25, 0.3) is 0 Å². The minimum atomic E-state index is 0.759. The smallest absolute Gasteiger partial charge is 0.0829 e. The summed E-state index contributed by atoms with van der Waals surface area (Å²) in [7, 11) is 1.91. The van der Waals surface area contributed by atoms with E-state index in [-0.39, 0.29) is 0 Å². The molecule has 1 aliphatic rings. The third-order valence-electron chi connectivity index (χ3n) is 2.74. The molecule has 106 valence electrons. The van der Waals surface area contributed by atoms with Gasteiger partial charge in [0.2, 0.25) is 0 Å². The molecule has 1 fully saturated rings. The second kappa shape index (κ2) is 10.4. The molecule has 1 aromatic heterocycles. The highest BCUT2D eigenvalue weighted by molar-refractivity contribution is 7.77. The maximum Gasteiger partial charge on any atom is 0.0829 e. The minimum absolute atomic E-state index is 0.759. The Hall–Kier alpha value is -0.550. The van der Waals surface area contributed by atoms with Gasteiger partial charge in [-0.2, -0.15) is 0 Å². The highest BCUT2D eigenvalue weighted by Gasteiger charge is 2.18. The molecule has 0 radical (unpaired) electrons. The van der Waals surface area contributed by atoms with E-state index in [4.69, 9.17) is 0 Å². The van der Waals surface area contributed by atoms with Crippen LogP contribution in [0.1, 0.15) is 46.2 Å². The van der Waals surface area contributed by atoms with Crippen LogP contribution in [0.2, 0.25) is 0 Å². The van der Waals surface area contributed by atoms with Crippen LogP contribution in [-0.2, 0) is 13.5 Å². The summed E-state index contributed by atoms with van der Waals surface area (Å²) in [5.41, 5.74) is 1.12. The van der Waals surface area contributed by atoms with Crippen molar-refractivity contribution in [3.63, 3.8) is 0 Å². The topological polar surface area (TPSA) is 34.0 Å². The van der Waals surface area contributed by atoms with Crippen molar-refractivity contribution >= 4 is 12.8 Å². The lowest BCUT2D eigenvalue weighted by Crippen LogP contribution is -2.27. The Bertz CT molecular complexity index is 293. The number of aromatic nitrogens is 3. The summed E-state index contributed by atoms with van der Waals surface area (Å²) in [6.07, 6.45) is 5.52. The van der Waals surface area contributed by atoms with Crippen molar-refractivity contribution in [2.75, 3.05) is 13.1 Å². The SMILES string of the molecule is CC.CC.Cn1cc(CC2CCN(S)CC2)nn1. The molecule has 0 saturated carbocycles. The first-order chi connectivity index (χ1) is 8.74. The molecule has 2 heterocycles. The van der Waals surface area contributed by atoms with Gasteiger partial charge in [0.1, 0.15) is 0 Å². The van der Waals surface area contributed by atoms with Gasteiger partial charge >= 0.3 is 0 Å².